The van der Waals surface area contributed by atoms with E-state index in [0.717, 1.165) is 37.0 Å². The number of aromatic nitrogens is 2. The first-order chi connectivity index (χ1) is 10.2. The van der Waals surface area contributed by atoms with Crippen LogP contribution in [0, 0.1) is 5.92 Å². The van der Waals surface area contributed by atoms with Gasteiger partial charge >= 0.3 is 6.03 Å². The first-order valence-electron chi connectivity index (χ1n) is 7.58. The summed E-state index contributed by atoms with van der Waals surface area (Å²) >= 11 is 0. The van der Waals surface area contributed by atoms with Crippen LogP contribution >= 0.6 is 0 Å². The zero-order valence-corrected chi connectivity index (χ0v) is 12.8. The molecule has 1 aromatic heterocycles. The fourth-order valence-electron chi connectivity index (χ4n) is 2.18. The van der Waals surface area contributed by atoms with Gasteiger partial charge in [-0.25, -0.2) is 9.78 Å². The van der Waals surface area contributed by atoms with Crippen molar-refractivity contribution in [1.29, 1.82) is 0 Å². The third-order valence-electron chi connectivity index (χ3n) is 3.40. The van der Waals surface area contributed by atoms with E-state index in [9.17, 15) is 4.79 Å². The van der Waals surface area contributed by atoms with Crippen LogP contribution in [0.15, 0.2) is 30.6 Å². The summed E-state index contributed by atoms with van der Waals surface area (Å²) in [7, 11) is 0. The van der Waals surface area contributed by atoms with E-state index in [1.54, 1.807) is 0 Å². The largest absolute Gasteiger partial charge is 0.338 e. The Labute approximate surface area is 125 Å². The highest BCUT2D eigenvalue weighted by molar-refractivity contribution is 5.75. The Morgan fingerprint density at radius 3 is 2.81 bits per heavy atom. The van der Waals surface area contributed by atoms with E-state index in [0.29, 0.717) is 12.5 Å². The Kier molecular flexibility index (Phi) is 5.60. The molecule has 1 heterocycles. The molecule has 114 valence electrons. The molecule has 5 heteroatoms. The maximum atomic E-state index is 11.6. The Morgan fingerprint density at radius 2 is 2.00 bits per heavy atom. The number of benzene rings is 1. The summed E-state index contributed by atoms with van der Waals surface area (Å²) in [5, 5.41) is 5.75. The standard InChI is InChI=1S/C16H24N4O/c1-13(2)8-10-18-16(21)17-9-5-11-20-12-19-14-6-3-4-7-15(14)20/h3-4,6-7,12-13H,5,8-11H2,1-2H3,(H2,17,18,21). The topological polar surface area (TPSA) is 59.0 Å². The van der Waals surface area contributed by atoms with Crippen LogP contribution in [0.5, 0.6) is 0 Å². The Balaban J connectivity index is 1.67. The number of imidazole rings is 1. The summed E-state index contributed by atoms with van der Waals surface area (Å²) < 4.78 is 2.12. The lowest BCUT2D eigenvalue weighted by Gasteiger charge is -2.09. The molecule has 0 unspecified atom stereocenters. The van der Waals surface area contributed by atoms with Crippen molar-refractivity contribution in [3.05, 3.63) is 30.6 Å². The van der Waals surface area contributed by atoms with Crippen LogP contribution in [-0.2, 0) is 6.54 Å². The predicted molar refractivity (Wildman–Crippen MR) is 85.2 cm³/mol. The summed E-state index contributed by atoms with van der Waals surface area (Å²) in [5.74, 6) is 0.611. The van der Waals surface area contributed by atoms with Crippen LogP contribution in [0.3, 0.4) is 0 Å². The number of carbonyl (C=O) groups is 1. The van der Waals surface area contributed by atoms with Gasteiger partial charge < -0.3 is 15.2 Å². The average Bonchev–Trinajstić information content (AvgIpc) is 2.86. The Bertz CT molecular complexity index is 576. The lowest BCUT2D eigenvalue weighted by atomic mass is 10.1. The van der Waals surface area contributed by atoms with E-state index in [4.69, 9.17) is 0 Å². The minimum absolute atomic E-state index is 0.0776. The van der Waals surface area contributed by atoms with Crippen LogP contribution < -0.4 is 10.6 Å². The van der Waals surface area contributed by atoms with Crippen molar-refractivity contribution in [2.45, 2.75) is 33.2 Å². The normalized spacial score (nSPS) is 11.0. The van der Waals surface area contributed by atoms with Crippen molar-refractivity contribution in [3.8, 4) is 0 Å². The van der Waals surface area contributed by atoms with Gasteiger partial charge in [-0.3, -0.25) is 0 Å². The number of fused-ring (bicyclic) bond motifs is 1. The van der Waals surface area contributed by atoms with E-state index in [1.807, 2.05) is 24.5 Å². The fourth-order valence-corrected chi connectivity index (χ4v) is 2.18. The van der Waals surface area contributed by atoms with Crippen molar-refractivity contribution in [3.63, 3.8) is 0 Å². The molecule has 2 aromatic rings. The van der Waals surface area contributed by atoms with E-state index < -0.39 is 0 Å². The molecule has 2 amide bonds. The molecule has 0 fully saturated rings. The third kappa shape index (κ3) is 4.77. The Hall–Kier alpha value is -2.04. The molecule has 0 aliphatic carbocycles. The van der Waals surface area contributed by atoms with E-state index >= 15 is 0 Å². The van der Waals surface area contributed by atoms with Gasteiger partial charge in [0.2, 0.25) is 0 Å². The number of nitrogens with zero attached hydrogens (tertiary/aromatic N) is 2. The molecule has 0 aliphatic heterocycles. The highest BCUT2D eigenvalue weighted by Crippen LogP contribution is 2.11. The molecule has 0 radical (unpaired) electrons. The summed E-state index contributed by atoms with van der Waals surface area (Å²) in [4.78, 5) is 15.9. The van der Waals surface area contributed by atoms with Crippen molar-refractivity contribution in [2.24, 2.45) is 5.92 Å². The molecular formula is C16H24N4O. The van der Waals surface area contributed by atoms with E-state index in [1.165, 1.54) is 0 Å². The third-order valence-corrected chi connectivity index (χ3v) is 3.40. The number of rotatable bonds is 7. The lowest BCUT2D eigenvalue weighted by molar-refractivity contribution is 0.240. The van der Waals surface area contributed by atoms with Crippen molar-refractivity contribution >= 4 is 17.1 Å². The second-order valence-corrected chi connectivity index (χ2v) is 5.65. The van der Waals surface area contributed by atoms with Gasteiger partial charge in [-0.1, -0.05) is 26.0 Å². The number of carbonyl (C=O) groups excluding carboxylic acids is 1. The molecule has 2 N–H and O–H groups in total. The zero-order chi connectivity index (χ0) is 15.1. The van der Waals surface area contributed by atoms with E-state index in [-0.39, 0.29) is 6.03 Å². The van der Waals surface area contributed by atoms with Gasteiger partial charge in [0, 0.05) is 19.6 Å². The van der Waals surface area contributed by atoms with Crippen LogP contribution in [0.4, 0.5) is 4.79 Å². The van der Waals surface area contributed by atoms with Gasteiger partial charge in [0.1, 0.15) is 0 Å². The minimum Gasteiger partial charge on any atom is -0.338 e. The SMILES string of the molecule is CC(C)CCNC(=O)NCCCn1cnc2ccccc21. The molecule has 0 saturated heterocycles. The first-order valence-corrected chi connectivity index (χ1v) is 7.58. The van der Waals surface area contributed by atoms with Crippen molar-refractivity contribution in [2.75, 3.05) is 13.1 Å². The zero-order valence-electron chi connectivity index (χ0n) is 12.8. The summed E-state index contributed by atoms with van der Waals surface area (Å²) in [6.07, 6.45) is 3.75. The summed E-state index contributed by atoms with van der Waals surface area (Å²) in [6, 6.07) is 8.00. The molecule has 0 bridgehead atoms. The minimum atomic E-state index is -0.0776. The molecule has 5 nitrogen and oxygen atoms in total. The number of hydrogen-bond acceptors (Lipinski definition) is 2. The first kappa shape index (κ1) is 15.4. The van der Waals surface area contributed by atoms with Gasteiger partial charge in [0.05, 0.1) is 17.4 Å². The number of aryl methyl sites for hydroxylation is 1. The van der Waals surface area contributed by atoms with Crippen LogP contribution in [0.25, 0.3) is 11.0 Å². The van der Waals surface area contributed by atoms with Gasteiger partial charge in [-0.05, 0) is 30.9 Å². The van der Waals surface area contributed by atoms with Gasteiger partial charge in [-0.2, -0.15) is 0 Å². The number of para-hydroxylation sites is 2. The fraction of sp³-hybridized carbons (Fsp3) is 0.500. The number of amides is 2. The van der Waals surface area contributed by atoms with Gasteiger partial charge in [0.25, 0.3) is 0 Å². The molecule has 1 aromatic carbocycles. The molecule has 0 atom stereocenters. The van der Waals surface area contributed by atoms with E-state index in [2.05, 4.69) is 40.1 Å². The van der Waals surface area contributed by atoms with Crippen molar-refractivity contribution < 1.29 is 4.79 Å². The van der Waals surface area contributed by atoms with Gasteiger partial charge in [0.15, 0.2) is 0 Å². The second kappa shape index (κ2) is 7.67. The quantitative estimate of drug-likeness (QED) is 0.770. The number of hydrogen-bond donors (Lipinski definition) is 2. The smallest absolute Gasteiger partial charge is 0.314 e. The maximum Gasteiger partial charge on any atom is 0.314 e. The van der Waals surface area contributed by atoms with Gasteiger partial charge in [-0.15, -0.1) is 0 Å². The highest BCUT2D eigenvalue weighted by Gasteiger charge is 2.02. The molecular weight excluding hydrogens is 264 g/mol. The molecule has 0 saturated carbocycles. The number of urea groups is 1. The highest BCUT2D eigenvalue weighted by atomic mass is 16.2. The second-order valence-electron chi connectivity index (χ2n) is 5.65. The Morgan fingerprint density at radius 1 is 1.24 bits per heavy atom. The predicted octanol–water partition coefficient (Wildman–Crippen LogP) is 2.77. The summed E-state index contributed by atoms with van der Waals surface area (Å²) in [5.41, 5.74) is 2.15. The van der Waals surface area contributed by atoms with Crippen molar-refractivity contribution in [1.82, 2.24) is 20.2 Å². The average molecular weight is 288 g/mol. The monoisotopic (exact) mass is 288 g/mol. The molecule has 21 heavy (non-hydrogen) atoms. The molecule has 2 rings (SSSR count). The van der Waals surface area contributed by atoms with Crippen LogP contribution in [-0.4, -0.2) is 28.7 Å². The maximum absolute atomic E-state index is 11.6. The van der Waals surface area contributed by atoms with Crippen LogP contribution in [0.2, 0.25) is 0 Å². The number of nitrogens with one attached hydrogen (secondary N) is 2. The lowest BCUT2D eigenvalue weighted by Crippen LogP contribution is -2.37. The van der Waals surface area contributed by atoms with Crippen LogP contribution in [0.1, 0.15) is 26.7 Å². The molecule has 0 spiro atoms. The summed E-state index contributed by atoms with van der Waals surface area (Å²) in [6.45, 7) is 6.55. The molecule has 0 aliphatic rings.